The Balaban J connectivity index is 1.41. The molecule has 0 saturated carbocycles. The Morgan fingerprint density at radius 3 is 2.78 bits per heavy atom. The molecule has 0 radical (unpaired) electrons. The highest BCUT2D eigenvalue weighted by molar-refractivity contribution is 7.99. The molecule has 1 saturated heterocycles. The van der Waals surface area contributed by atoms with Gasteiger partial charge in [0.1, 0.15) is 12.7 Å². The summed E-state index contributed by atoms with van der Waals surface area (Å²) in [5.41, 5.74) is 1.97. The zero-order valence-corrected chi connectivity index (χ0v) is 21.2. The number of aryl methyl sites for hydroxylation is 1. The summed E-state index contributed by atoms with van der Waals surface area (Å²) in [4.78, 5) is 11.8. The molecular formula is C26H24ClFN6OS. The summed E-state index contributed by atoms with van der Waals surface area (Å²) in [7, 11) is 1.92. The highest BCUT2D eigenvalue weighted by Gasteiger charge is 2.16. The smallest absolute Gasteiger partial charge is 0.172 e. The van der Waals surface area contributed by atoms with E-state index in [1.54, 1.807) is 18.3 Å². The average molecular weight is 523 g/mol. The first kappa shape index (κ1) is 24.4. The van der Waals surface area contributed by atoms with Gasteiger partial charge in [0.2, 0.25) is 0 Å². The van der Waals surface area contributed by atoms with Crippen LogP contribution in [0.3, 0.4) is 0 Å². The first-order valence-corrected chi connectivity index (χ1v) is 12.8. The van der Waals surface area contributed by atoms with Crippen molar-refractivity contribution >= 4 is 45.6 Å². The van der Waals surface area contributed by atoms with Crippen LogP contribution in [-0.4, -0.2) is 45.7 Å². The van der Waals surface area contributed by atoms with E-state index < -0.39 is 5.82 Å². The maximum atomic E-state index is 14.8. The van der Waals surface area contributed by atoms with Gasteiger partial charge in [-0.05, 0) is 50.2 Å². The molecule has 36 heavy (non-hydrogen) atoms. The maximum Gasteiger partial charge on any atom is 0.172 e. The quantitative estimate of drug-likeness (QED) is 0.304. The Hall–Kier alpha value is -3.32. The van der Waals surface area contributed by atoms with Crippen LogP contribution in [0.15, 0.2) is 59.0 Å². The highest BCUT2D eigenvalue weighted by Crippen LogP contribution is 2.37. The number of rotatable bonds is 8. The van der Waals surface area contributed by atoms with Gasteiger partial charge in [-0.1, -0.05) is 23.4 Å². The summed E-state index contributed by atoms with van der Waals surface area (Å²) in [6.45, 7) is 3.24. The van der Waals surface area contributed by atoms with Crippen LogP contribution in [0.5, 0.6) is 5.75 Å². The van der Waals surface area contributed by atoms with Crippen molar-refractivity contribution in [2.45, 2.75) is 22.9 Å². The minimum atomic E-state index is -0.481. The Morgan fingerprint density at radius 1 is 1.22 bits per heavy atom. The second kappa shape index (κ2) is 10.7. The highest BCUT2D eigenvalue weighted by atomic mass is 35.5. The van der Waals surface area contributed by atoms with E-state index in [0.29, 0.717) is 39.5 Å². The van der Waals surface area contributed by atoms with Crippen LogP contribution in [0.4, 0.5) is 15.8 Å². The Labute approximate surface area is 217 Å². The van der Waals surface area contributed by atoms with Gasteiger partial charge in [0.25, 0.3) is 0 Å². The van der Waals surface area contributed by atoms with Crippen LogP contribution in [-0.2, 0) is 7.05 Å². The van der Waals surface area contributed by atoms with Crippen molar-refractivity contribution in [1.82, 2.24) is 19.4 Å². The van der Waals surface area contributed by atoms with Crippen molar-refractivity contribution in [3.8, 4) is 11.8 Å². The molecule has 184 valence electrons. The Kier molecular flexibility index (Phi) is 7.28. The molecule has 10 heteroatoms. The fourth-order valence-corrected chi connectivity index (χ4v) is 5.27. The molecule has 4 aromatic rings. The Bertz CT molecular complexity index is 1450. The van der Waals surface area contributed by atoms with Crippen LogP contribution < -0.4 is 10.1 Å². The summed E-state index contributed by atoms with van der Waals surface area (Å²) >= 11 is 8.03. The third-order valence-corrected chi connectivity index (χ3v) is 7.66. The average Bonchev–Trinajstić information content (AvgIpc) is 3.53. The van der Waals surface area contributed by atoms with E-state index in [-0.39, 0.29) is 5.75 Å². The first-order chi connectivity index (χ1) is 17.5. The van der Waals surface area contributed by atoms with Crippen molar-refractivity contribution < 1.29 is 9.13 Å². The van der Waals surface area contributed by atoms with Crippen molar-refractivity contribution in [3.05, 3.63) is 65.3 Å². The van der Waals surface area contributed by atoms with Crippen molar-refractivity contribution in [2.24, 2.45) is 7.05 Å². The number of likely N-dealkylation sites (tertiary alicyclic amines) is 1. The fourth-order valence-electron chi connectivity index (χ4n) is 4.17. The topological polar surface area (TPSA) is 79.0 Å². The summed E-state index contributed by atoms with van der Waals surface area (Å²) < 4.78 is 22.5. The number of pyridine rings is 1. The predicted octanol–water partition coefficient (Wildman–Crippen LogP) is 6.00. The molecule has 1 aliphatic heterocycles. The standard InChI is InChI=1S/C26H24ClFN6OS/c1-33-9-6-30-26(33)36-24-5-4-18(12-20(24)27)32-25-17(15-29)16-31-22-14-21(28)23(13-19(22)25)35-11-10-34-7-2-3-8-34/h4-6,9,12-14,16H,2-3,7-8,10-11H2,1H3,(H,31,32). The molecule has 1 aliphatic rings. The van der Waals surface area contributed by atoms with Gasteiger partial charge in [0, 0.05) is 54.2 Å². The molecule has 0 amide bonds. The van der Waals surface area contributed by atoms with Gasteiger partial charge in [-0.25, -0.2) is 9.37 Å². The number of hydrogen-bond acceptors (Lipinski definition) is 7. The number of imidazole rings is 1. The van der Waals surface area contributed by atoms with Gasteiger partial charge in [-0.3, -0.25) is 9.88 Å². The summed E-state index contributed by atoms with van der Waals surface area (Å²) in [6, 6.07) is 10.7. The van der Waals surface area contributed by atoms with E-state index >= 15 is 0 Å². The minimum Gasteiger partial charge on any atom is -0.489 e. The first-order valence-electron chi connectivity index (χ1n) is 11.6. The third kappa shape index (κ3) is 5.26. The van der Waals surface area contributed by atoms with E-state index in [1.807, 2.05) is 29.9 Å². The van der Waals surface area contributed by atoms with Gasteiger partial charge in [0.05, 0.1) is 21.8 Å². The maximum absolute atomic E-state index is 14.8. The molecule has 0 spiro atoms. The molecule has 2 aromatic heterocycles. The number of anilines is 2. The number of nitrogens with zero attached hydrogens (tertiary/aromatic N) is 5. The lowest BCUT2D eigenvalue weighted by Gasteiger charge is -2.16. The molecule has 0 aliphatic carbocycles. The molecule has 3 heterocycles. The molecule has 2 aromatic carbocycles. The molecule has 7 nitrogen and oxygen atoms in total. The van der Waals surface area contributed by atoms with Crippen LogP contribution in [0.1, 0.15) is 18.4 Å². The second-order valence-corrected chi connectivity index (χ2v) is 9.96. The number of nitrogens with one attached hydrogen (secondary N) is 1. The SMILES string of the molecule is Cn1ccnc1Sc1ccc(Nc2c(C#N)cnc3cc(F)c(OCCN4CCCC4)cc23)cc1Cl. The minimum absolute atomic E-state index is 0.140. The molecule has 0 bridgehead atoms. The van der Waals surface area contributed by atoms with Crippen molar-refractivity contribution in [3.63, 3.8) is 0 Å². The zero-order valence-electron chi connectivity index (χ0n) is 19.7. The molecule has 5 rings (SSSR count). The number of hydrogen-bond donors (Lipinski definition) is 1. The lowest BCUT2D eigenvalue weighted by molar-refractivity contribution is 0.231. The molecular weight excluding hydrogens is 499 g/mol. The fraction of sp³-hybridized carbons (Fsp3) is 0.269. The summed E-state index contributed by atoms with van der Waals surface area (Å²) in [6.07, 6.45) is 7.42. The largest absolute Gasteiger partial charge is 0.489 e. The lowest BCUT2D eigenvalue weighted by Crippen LogP contribution is -2.25. The number of halogens is 2. The number of fused-ring (bicyclic) bond motifs is 1. The van der Waals surface area contributed by atoms with Crippen LogP contribution in [0, 0.1) is 17.1 Å². The number of aromatic nitrogens is 3. The molecule has 0 unspecified atom stereocenters. The van der Waals surface area contributed by atoms with E-state index in [4.69, 9.17) is 16.3 Å². The summed E-state index contributed by atoms with van der Waals surface area (Å²) in [5.74, 6) is -0.340. The van der Waals surface area contributed by atoms with Crippen LogP contribution in [0.2, 0.25) is 5.02 Å². The predicted molar refractivity (Wildman–Crippen MR) is 140 cm³/mol. The van der Waals surface area contributed by atoms with Gasteiger partial charge >= 0.3 is 0 Å². The van der Waals surface area contributed by atoms with Gasteiger partial charge in [-0.15, -0.1) is 0 Å². The van der Waals surface area contributed by atoms with Gasteiger partial charge in [0.15, 0.2) is 16.7 Å². The van der Waals surface area contributed by atoms with Gasteiger partial charge < -0.3 is 14.6 Å². The Morgan fingerprint density at radius 2 is 2.06 bits per heavy atom. The zero-order chi connectivity index (χ0) is 25.1. The van der Waals surface area contributed by atoms with E-state index in [0.717, 1.165) is 29.7 Å². The number of benzene rings is 2. The molecule has 1 N–H and O–H groups in total. The molecule has 0 atom stereocenters. The van der Waals surface area contributed by atoms with E-state index in [2.05, 4.69) is 26.3 Å². The lowest BCUT2D eigenvalue weighted by atomic mass is 10.1. The van der Waals surface area contributed by atoms with Crippen LogP contribution in [0.25, 0.3) is 10.9 Å². The normalized spacial score (nSPS) is 13.7. The summed E-state index contributed by atoms with van der Waals surface area (Å²) in [5, 5.41) is 15.0. The second-order valence-electron chi connectivity index (χ2n) is 8.55. The van der Waals surface area contributed by atoms with Crippen molar-refractivity contribution in [1.29, 1.82) is 5.26 Å². The van der Waals surface area contributed by atoms with Crippen molar-refractivity contribution in [2.75, 3.05) is 31.6 Å². The number of ether oxygens (including phenoxy) is 1. The molecule has 1 fully saturated rings. The van der Waals surface area contributed by atoms with E-state index in [1.165, 1.54) is 36.9 Å². The third-order valence-electron chi connectivity index (χ3n) is 6.09. The van der Waals surface area contributed by atoms with Gasteiger partial charge in [-0.2, -0.15) is 5.26 Å². The monoisotopic (exact) mass is 522 g/mol. The van der Waals surface area contributed by atoms with E-state index in [9.17, 15) is 9.65 Å². The number of nitriles is 1. The van der Waals surface area contributed by atoms with Crippen LogP contribution >= 0.6 is 23.4 Å².